The number of sulfonamides is 1. The first kappa shape index (κ1) is 13.6. The first-order chi connectivity index (χ1) is 7.36. The minimum absolute atomic E-state index is 0.298. The van der Waals surface area contributed by atoms with E-state index in [4.69, 9.17) is 5.11 Å². The van der Waals surface area contributed by atoms with Crippen molar-refractivity contribution in [1.82, 2.24) is 4.72 Å². The summed E-state index contributed by atoms with van der Waals surface area (Å²) in [5.74, 6) is 0. The second kappa shape index (κ2) is 5.27. The molecule has 0 spiro atoms. The molecule has 1 unspecified atom stereocenters. The third-order valence-electron chi connectivity index (χ3n) is 2.45. The number of nitrogens with one attached hydrogen (secondary N) is 1. The highest BCUT2D eigenvalue weighted by Gasteiger charge is 2.19. The monoisotopic (exact) mass is 263 g/mol. The molecular formula is C10H17NO3S2. The lowest BCUT2D eigenvalue weighted by molar-refractivity contribution is 0.295. The van der Waals surface area contributed by atoms with Crippen LogP contribution in [0.1, 0.15) is 22.2 Å². The Hall–Kier alpha value is -0.430. The molecule has 6 heteroatoms. The van der Waals surface area contributed by atoms with Crippen LogP contribution in [0.25, 0.3) is 0 Å². The average molecular weight is 263 g/mol. The van der Waals surface area contributed by atoms with Gasteiger partial charge in [-0.1, -0.05) is 0 Å². The first-order valence-electron chi connectivity index (χ1n) is 5.02. The molecule has 4 nitrogen and oxygen atoms in total. The molecule has 1 aromatic rings. The molecule has 1 aromatic heterocycles. The smallest absolute Gasteiger partial charge is 0.216 e. The van der Waals surface area contributed by atoms with Gasteiger partial charge in [0.2, 0.25) is 10.0 Å². The molecule has 0 radical (unpaired) electrons. The van der Waals surface area contributed by atoms with Crippen molar-refractivity contribution in [3.8, 4) is 0 Å². The van der Waals surface area contributed by atoms with Crippen LogP contribution in [0, 0.1) is 13.8 Å². The van der Waals surface area contributed by atoms with E-state index in [9.17, 15) is 8.42 Å². The summed E-state index contributed by atoms with van der Waals surface area (Å²) in [6, 6.07) is 1.98. The predicted octanol–water partition coefficient (Wildman–Crippen LogP) is 1.17. The fraction of sp³-hybridized carbons (Fsp3) is 0.600. The van der Waals surface area contributed by atoms with Crippen molar-refractivity contribution in [1.29, 1.82) is 0 Å². The molecule has 0 bridgehead atoms. The first-order valence-corrected chi connectivity index (χ1v) is 7.38. The Morgan fingerprint density at radius 3 is 2.56 bits per heavy atom. The van der Waals surface area contributed by atoms with E-state index in [2.05, 4.69) is 4.72 Å². The van der Waals surface area contributed by atoms with Gasteiger partial charge in [-0.05, 0) is 32.4 Å². The largest absolute Gasteiger partial charge is 0.395 e. The van der Waals surface area contributed by atoms with Crippen LogP contribution in [0.15, 0.2) is 6.07 Å². The summed E-state index contributed by atoms with van der Waals surface area (Å²) in [5, 5.41) is 8.03. The zero-order chi connectivity index (χ0) is 12.3. The molecule has 1 atom stereocenters. The van der Waals surface area contributed by atoms with Gasteiger partial charge in [0, 0.05) is 16.3 Å². The third kappa shape index (κ3) is 3.28. The van der Waals surface area contributed by atoms with Crippen molar-refractivity contribution in [2.45, 2.75) is 32.6 Å². The van der Waals surface area contributed by atoms with E-state index in [1.807, 2.05) is 19.9 Å². The molecule has 0 fully saturated rings. The average Bonchev–Trinajstić information content (AvgIpc) is 2.54. The third-order valence-corrected chi connectivity index (χ3v) is 5.36. The standard InChI is InChI=1S/C10H17NO3S2/c1-7-4-10(15-9(7)3)5-11-16(13,14)8(2)6-12/h4,8,11-12H,5-6H2,1-3H3. The maximum absolute atomic E-state index is 11.6. The van der Waals surface area contributed by atoms with E-state index in [0.29, 0.717) is 6.54 Å². The number of aliphatic hydroxyl groups is 1. The molecule has 0 saturated carbocycles. The lowest BCUT2D eigenvalue weighted by atomic mass is 10.3. The minimum atomic E-state index is -3.41. The van der Waals surface area contributed by atoms with Gasteiger partial charge in [0.25, 0.3) is 0 Å². The highest BCUT2D eigenvalue weighted by molar-refractivity contribution is 7.90. The molecule has 1 rings (SSSR count). The lowest BCUT2D eigenvalue weighted by Crippen LogP contribution is -2.34. The molecule has 2 N–H and O–H groups in total. The van der Waals surface area contributed by atoms with Gasteiger partial charge in [-0.15, -0.1) is 11.3 Å². The normalized spacial score (nSPS) is 14.0. The van der Waals surface area contributed by atoms with Crippen molar-refractivity contribution in [2.75, 3.05) is 6.61 Å². The Morgan fingerprint density at radius 1 is 1.50 bits per heavy atom. The number of aliphatic hydroxyl groups excluding tert-OH is 1. The van der Waals surface area contributed by atoms with Gasteiger partial charge >= 0.3 is 0 Å². The summed E-state index contributed by atoms with van der Waals surface area (Å²) < 4.78 is 25.6. The lowest BCUT2D eigenvalue weighted by Gasteiger charge is -2.10. The van der Waals surface area contributed by atoms with Crippen LogP contribution in [0.3, 0.4) is 0 Å². The minimum Gasteiger partial charge on any atom is -0.395 e. The Morgan fingerprint density at radius 2 is 2.12 bits per heavy atom. The van der Waals surface area contributed by atoms with Gasteiger partial charge in [-0.25, -0.2) is 13.1 Å². The van der Waals surface area contributed by atoms with E-state index in [0.717, 1.165) is 4.88 Å². The number of rotatable bonds is 5. The van der Waals surface area contributed by atoms with Crippen LogP contribution < -0.4 is 4.72 Å². The number of hydrogen-bond acceptors (Lipinski definition) is 4. The quantitative estimate of drug-likeness (QED) is 0.838. The van der Waals surface area contributed by atoms with Gasteiger partial charge in [-0.3, -0.25) is 0 Å². The van der Waals surface area contributed by atoms with Crippen LogP contribution in [0.2, 0.25) is 0 Å². The molecular weight excluding hydrogens is 246 g/mol. The molecule has 92 valence electrons. The molecule has 16 heavy (non-hydrogen) atoms. The molecule has 1 heterocycles. The van der Waals surface area contributed by atoms with E-state index < -0.39 is 15.3 Å². The SMILES string of the molecule is Cc1cc(CNS(=O)(=O)C(C)CO)sc1C. The fourth-order valence-electron chi connectivity index (χ4n) is 1.15. The Kier molecular flexibility index (Phi) is 4.49. The summed E-state index contributed by atoms with van der Waals surface area (Å²) >= 11 is 1.58. The predicted molar refractivity (Wildman–Crippen MR) is 66.1 cm³/mol. The Labute approximate surface area is 100 Å². The Bertz CT molecular complexity index is 431. The van der Waals surface area contributed by atoms with Gasteiger partial charge in [-0.2, -0.15) is 0 Å². The van der Waals surface area contributed by atoms with Crippen LogP contribution in [0.4, 0.5) is 0 Å². The zero-order valence-electron chi connectivity index (χ0n) is 9.65. The second-order valence-electron chi connectivity index (χ2n) is 3.81. The van der Waals surface area contributed by atoms with Crippen molar-refractivity contribution in [3.63, 3.8) is 0 Å². The molecule has 0 amide bonds. The molecule has 0 aliphatic rings. The number of hydrogen-bond donors (Lipinski definition) is 2. The van der Waals surface area contributed by atoms with Gasteiger partial charge in [0.1, 0.15) is 0 Å². The second-order valence-corrected chi connectivity index (χ2v) is 7.34. The van der Waals surface area contributed by atoms with Crippen molar-refractivity contribution < 1.29 is 13.5 Å². The van der Waals surface area contributed by atoms with E-state index in [1.54, 1.807) is 11.3 Å². The van der Waals surface area contributed by atoms with Crippen LogP contribution in [-0.2, 0) is 16.6 Å². The summed E-state index contributed by atoms with van der Waals surface area (Å²) in [6.45, 7) is 5.42. The van der Waals surface area contributed by atoms with E-state index >= 15 is 0 Å². The topological polar surface area (TPSA) is 66.4 Å². The molecule has 0 saturated heterocycles. The summed E-state index contributed by atoms with van der Waals surface area (Å²) in [7, 11) is -3.41. The highest BCUT2D eigenvalue weighted by atomic mass is 32.2. The maximum atomic E-state index is 11.6. The van der Waals surface area contributed by atoms with Crippen LogP contribution in [-0.4, -0.2) is 25.4 Å². The van der Waals surface area contributed by atoms with Crippen LogP contribution in [0.5, 0.6) is 0 Å². The summed E-state index contributed by atoms with van der Waals surface area (Å²) in [6.07, 6.45) is 0. The maximum Gasteiger partial charge on any atom is 0.216 e. The number of aryl methyl sites for hydroxylation is 2. The van der Waals surface area contributed by atoms with Crippen LogP contribution >= 0.6 is 11.3 Å². The van der Waals surface area contributed by atoms with Gasteiger partial charge < -0.3 is 5.11 Å². The molecule has 0 aromatic carbocycles. The molecule has 0 aliphatic carbocycles. The number of thiophene rings is 1. The Balaban J connectivity index is 2.65. The summed E-state index contributed by atoms with van der Waals surface area (Å²) in [4.78, 5) is 2.19. The van der Waals surface area contributed by atoms with Gasteiger partial charge in [0.15, 0.2) is 0 Å². The van der Waals surface area contributed by atoms with Gasteiger partial charge in [0.05, 0.1) is 11.9 Å². The highest BCUT2D eigenvalue weighted by Crippen LogP contribution is 2.20. The fourth-order valence-corrected chi connectivity index (χ4v) is 3.07. The summed E-state index contributed by atoms with van der Waals surface area (Å²) in [5.41, 5.74) is 1.18. The molecule has 0 aliphatic heterocycles. The van der Waals surface area contributed by atoms with Crippen molar-refractivity contribution >= 4 is 21.4 Å². The van der Waals surface area contributed by atoms with E-state index in [1.165, 1.54) is 17.4 Å². The van der Waals surface area contributed by atoms with Crippen molar-refractivity contribution in [2.24, 2.45) is 0 Å². The zero-order valence-corrected chi connectivity index (χ0v) is 11.3. The van der Waals surface area contributed by atoms with Crippen molar-refractivity contribution in [3.05, 3.63) is 21.4 Å². The van der Waals surface area contributed by atoms with E-state index in [-0.39, 0.29) is 6.61 Å².